The Labute approximate surface area is 223 Å². The molecular weight excluding hydrogens is 562 g/mol. The Kier molecular flexibility index (Phi) is 8.16. The number of benzene rings is 1. The maximum atomic E-state index is 14.0. The number of halogens is 1. The maximum Gasteiger partial charge on any atom is 0.263 e. The van der Waals surface area contributed by atoms with Gasteiger partial charge < -0.3 is 19.0 Å². The van der Waals surface area contributed by atoms with Gasteiger partial charge in [0.15, 0.2) is 6.54 Å². The van der Waals surface area contributed by atoms with Gasteiger partial charge in [0.25, 0.3) is 5.01 Å². The Morgan fingerprint density at radius 3 is 2.57 bits per heavy atom. The Bertz CT molecular complexity index is 1610. The summed E-state index contributed by atoms with van der Waals surface area (Å²) in [5.74, 6) is -1.55. The van der Waals surface area contributed by atoms with Crippen LogP contribution in [0.1, 0.15) is 30.5 Å². The lowest BCUT2D eigenvalue weighted by Gasteiger charge is -2.20. The lowest BCUT2D eigenvalue weighted by Crippen LogP contribution is -2.38. The summed E-state index contributed by atoms with van der Waals surface area (Å²) in [5, 5.41) is 2.43. The third-order valence-corrected chi connectivity index (χ3v) is 9.37. The van der Waals surface area contributed by atoms with Crippen LogP contribution in [-0.2, 0) is 26.8 Å². The lowest BCUT2D eigenvalue weighted by molar-refractivity contribution is -0.664. The molecule has 3 aromatic rings. The Hall–Kier alpha value is -2.23. The van der Waals surface area contributed by atoms with Crippen LogP contribution < -0.4 is 9.47 Å². The fourth-order valence-corrected chi connectivity index (χ4v) is 7.26. The quantitative estimate of drug-likeness (QED) is 0.281. The number of aromatic nitrogens is 2. The van der Waals surface area contributed by atoms with Gasteiger partial charge in [0.1, 0.15) is 25.7 Å². The zero-order valence-electron chi connectivity index (χ0n) is 20.1. The summed E-state index contributed by atoms with van der Waals surface area (Å²) < 4.78 is 83.6. The van der Waals surface area contributed by atoms with Crippen molar-refractivity contribution in [3.05, 3.63) is 57.5 Å². The highest BCUT2D eigenvalue weighted by Gasteiger charge is 2.27. The number of nitrogens with one attached hydrogen (secondary N) is 1. The van der Waals surface area contributed by atoms with E-state index in [9.17, 15) is 30.3 Å². The topological polar surface area (TPSA) is 137 Å². The second kappa shape index (κ2) is 10.9. The minimum atomic E-state index is -4.47. The second-order valence-electron chi connectivity index (χ2n) is 8.56. The van der Waals surface area contributed by atoms with Gasteiger partial charge in [-0.3, -0.25) is 0 Å². The molecule has 3 heterocycles. The zero-order chi connectivity index (χ0) is 27.0. The van der Waals surface area contributed by atoms with Crippen LogP contribution in [-0.4, -0.2) is 49.0 Å². The first-order valence-corrected chi connectivity index (χ1v) is 16.2. The molecule has 1 N–H and O–H groups in total. The Morgan fingerprint density at radius 2 is 1.89 bits per heavy atom. The molecule has 37 heavy (non-hydrogen) atoms. The van der Waals surface area contributed by atoms with E-state index >= 15 is 0 Å². The number of H-pyrrole nitrogens is 1. The van der Waals surface area contributed by atoms with Gasteiger partial charge in [-0.15, -0.1) is 0 Å². The van der Waals surface area contributed by atoms with Crippen molar-refractivity contribution in [1.82, 2.24) is 4.98 Å². The molecule has 0 saturated heterocycles. The number of aromatic amines is 1. The van der Waals surface area contributed by atoms with Crippen molar-refractivity contribution >= 4 is 65.3 Å². The predicted molar refractivity (Wildman–Crippen MR) is 141 cm³/mol. The normalized spacial score (nSPS) is 15.8. The van der Waals surface area contributed by atoms with Crippen molar-refractivity contribution in [3.8, 4) is 0 Å². The second-order valence-corrected chi connectivity index (χ2v) is 13.7. The molecule has 1 aliphatic heterocycles. The summed E-state index contributed by atoms with van der Waals surface area (Å²) >= 11 is 2.85. The van der Waals surface area contributed by atoms with Crippen molar-refractivity contribution < 1.29 is 34.9 Å². The summed E-state index contributed by atoms with van der Waals surface area (Å²) in [6.07, 6.45) is 4.62. The number of aryl methyl sites for hydroxylation is 2. The molecule has 4 rings (SSSR count). The number of rotatable bonds is 10. The van der Waals surface area contributed by atoms with E-state index in [4.69, 9.17) is 0 Å². The Morgan fingerprint density at radius 1 is 1.16 bits per heavy atom. The molecule has 0 bridgehead atoms. The summed E-state index contributed by atoms with van der Waals surface area (Å²) in [6, 6.07) is 6.22. The van der Waals surface area contributed by atoms with Gasteiger partial charge in [-0.1, -0.05) is 30.0 Å². The van der Waals surface area contributed by atoms with Crippen molar-refractivity contribution in [2.45, 2.75) is 38.3 Å². The summed E-state index contributed by atoms with van der Waals surface area (Å²) in [4.78, 5) is 5.25. The molecule has 200 valence electrons. The number of nitrogens with zero attached hydrogens (tertiary/aromatic N) is 2. The van der Waals surface area contributed by atoms with E-state index in [0.717, 1.165) is 31.7 Å². The van der Waals surface area contributed by atoms with E-state index in [1.807, 2.05) is 37.0 Å². The first kappa shape index (κ1) is 27.8. The van der Waals surface area contributed by atoms with E-state index in [1.165, 1.54) is 35.2 Å². The Balaban J connectivity index is 1.71. The van der Waals surface area contributed by atoms with Crippen LogP contribution in [0.4, 0.5) is 10.1 Å². The van der Waals surface area contributed by atoms with Crippen LogP contribution in [0.5, 0.6) is 0 Å². The molecule has 0 fully saturated rings. The number of anilines is 1. The third kappa shape index (κ3) is 7.00. The van der Waals surface area contributed by atoms with Gasteiger partial charge in [-0.05, 0) is 49.6 Å². The minimum absolute atomic E-state index is 0.108. The van der Waals surface area contributed by atoms with Crippen LogP contribution in [0.25, 0.3) is 16.3 Å². The lowest BCUT2D eigenvalue weighted by atomic mass is 10.2. The fourth-order valence-electron chi connectivity index (χ4n) is 4.02. The van der Waals surface area contributed by atoms with E-state index in [-0.39, 0.29) is 13.0 Å². The molecule has 0 atom stereocenters. The molecule has 9 nitrogen and oxygen atoms in total. The maximum absolute atomic E-state index is 14.0. The van der Waals surface area contributed by atoms with Crippen LogP contribution in [0.3, 0.4) is 0 Å². The van der Waals surface area contributed by atoms with E-state index in [2.05, 4.69) is 4.98 Å². The summed E-state index contributed by atoms with van der Waals surface area (Å²) in [5.41, 5.74) is 3.25. The highest BCUT2D eigenvalue weighted by Crippen LogP contribution is 2.46. The van der Waals surface area contributed by atoms with Gasteiger partial charge in [0, 0.05) is 30.1 Å². The average Bonchev–Trinajstić information content (AvgIpc) is 3.41. The average molecular weight is 587 g/mol. The highest BCUT2D eigenvalue weighted by molar-refractivity contribution is 8.03. The first-order valence-electron chi connectivity index (χ1n) is 11.4. The van der Waals surface area contributed by atoms with Gasteiger partial charge in [-0.25, -0.2) is 21.2 Å². The van der Waals surface area contributed by atoms with Crippen LogP contribution in [0, 0.1) is 12.7 Å². The summed E-state index contributed by atoms with van der Waals surface area (Å²) in [7, 11) is -8.80. The molecule has 0 aliphatic carbocycles. The minimum Gasteiger partial charge on any atom is -0.748 e. The number of thioether (sulfide) groups is 1. The summed E-state index contributed by atoms with van der Waals surface area (Å²) in [6.45, 7) is 4.11. The SMILES string of the molecule is CCC(=Cc1sc2ccc(F)cc2[n+]1CCS(=O)(=O)[O-])C=C1Sc2[nH]c(C)cc2N1CCCS(=O)(=O)[O-]. The van der Waals surface area contributed by atoms with Crippen molar-refractivity contribution in [2.24, 2.45) is 0 Å². The molecule has 0 unspecified atom stereocenters. The third-order valence-electron chi connectivity index (χ3n) is 5.72. The first-order chi connectivity index (χ1) is 17.3. The van der Waals surface area contributed by atoms with Gasteiger partial charge in [0.05, 0.1) is 26.6 Å². The molecule has 0 amide bonds. The van der Waals surface area contributed by atoms with Crippen LogP contribution >= 0.6 is 23.1 Å². The number of hydrogen-bond donors (Lipinski definition) is 1. The predicted octanol–water partition coefficient (Wildman–Crippen LogP) is 3.69. The molecule has 1 aromatic carbocycles. The molecule has 0 spiro atoms. The van der Waals surface area contributed by atoms with Crippen molar-refractivity contribution in [3.63, 3.8) is 0 Å². The highest BCUT2D eigenvalue weighted by atomic mass is 32.2. The molecule has 1 aliphatic rings. The van der Waals surface area contributed by atoms with Crippen LogP contribution in [0.15, 0.2) is 46.0 Å². The number of fused-ring (bicyclic) bond motifs is 2. The van der Waals surface area contributed by atoms with Gasteiger partial charge in [-0.2, -0.15) is 4.57 Å². The van der Waals surface area contributed by atoms with Crippen molar-refractivity contribution in [1.29, 1.82) is 0 Å². The molecule has 14 heteroatoms. The largest absolute Gasteiger partial charge is 0.748 e. The standard InChI is InChI=1S/C23H26FN3O6S4/c1-3-16(12-21-27(8-10-37(31,32)33)18-14-17(24)5-6-20(18)34-21)13-22-26(7-4-9-36(28,29)30)19-11-15(2)25-23(19)35-22/h5-6,11-14,25H,3-4,7-10H2,1-2H3,(H-,28,29,30,31,32,33)/p-1. The smallest absolute Gasteiger partial charge is 0.263 e. The van der Waals surface area contributed by atoms with E-state index in [1.54, 1.807) is 10.6 Å². The van der Waals surface area contributed by atoms with E-state index < -0.39 is 37.6 Å². The van der Waals surface area contributed by atoms with E-state index in [0.29, 0.717) is 23.5 Å². The van der Waals surface area contributed by atoms with Gasteiger partial charge in [0.2, 0.25) is 5.52 Å². The molecular formula is C23H25FN3O6S4-. The van der Waals surface area contributed by atoms with Gasteiger partial charge >= 0.3 is 0 Å². The molecule has 2 aromatic heterocycles. The monoisotopic (exact) mass is 586 g/mol. The fraction of sp³-hybridized carbons (Fsp3) is 0.348. The number of thiazole rings is 1. The molecule has 0 saturated carbocycles. The molecule has 0 radical (unpaired) electrons. The number of allylic oxidation sites excluding steroid dienone is 2. The zero-order valence-corrected chi connectivity index (χ0v) is 23.3. The van der Waals surface area contributed by atoms with Crippen molar-refractivity contribution in [2.75, 3.05) is 23.0 Å². The number of hydrogen-bond acceptors (Lipinski definition) is 9. The van der Waals surface area contributed by atoms with Crippen LogP contribution in [0.2, 0.25) is 0 Å².